The molecular weight excluding hydrogens is 1030 g/mol. The van der Waals surface area contributed by atoms with Gasteiger partial charge in [-0.15, -0.1) is 0 Å². The molecule has 6 nitrogen and oxygen atoms in total. The molecule has 2 atom stereocenters. The fraction of sp³-hybridized carbons (Fsp3) is 0.923. The minimum Gasteiger partial charge on any atom is -0.466 e. The smallest absolute Gasteiger partial charge is 0.305 e. The first kappa shape index (κ1) is 82.3. The van der Waals surface area contributed by atoms with Gasteiger partial charge in [0.15, 0.2) is 0 Å². The SMILES string of the molecule is CCCCC/C=C\C/C=C\CCCCCCCCCCCC(=O)OCCCCCCCCCCCCCCCCCCCCCCCCCCCC(=O)NC(CO)C(O)CCCCCCCCCCCCCCCCCCCCCCCCC. The summed E-state index contributed by atoms with van der Waals surface area (Å²) in [7, 11) is 0. The number of ether oxygens (including phenoxy) is 1. The molecule has 84 heavy (non-hydrogen) atoms. The second kappa shape index (κ2) is 73.8. The van der Waals surface area contributed by atoms with Crippen molar-refractivity contribution in [2.75, 3.05) is 13.2 Å². The van der Waals surface area contributed by atoms with Gasteiger partial charge < -0.3 is 20.3 Å². The quantitative estimate of drug-likeness (QED) is 0.0320. The van der Waals surface area contributed by atoms with Crippen molar-refractivity contribution in [3.63, 3.8) is 0 Å². The van der Waals surface area contributed by atoms with Crippen LogP contribution in [0.15, 0.2) is 24.3 Å². The number of allylic oxidation sites excluding steroid dienone is 4. The molecular formula is C78H151NO5. The predicted octanol–water partition coefficient (Wildman–Crippen LogP) is 25.3. The number of amides is 1. The van der Waals surface area contributed by atoms with E-state index in [4.69, 9.17) is 4.74 Å². The summed E-state index contributed by atoms with van der Waals surface area (Å²) in [5.74, 6) is -0.0139. The third-order valence-corrected chi connectivity index (χ3v) is 18.3. The lowest BCUT2D eigenvalue weighted by molar-refractivity contribution is -0.143. The molecule has 0 fully saturated rings. The highest BCUT2D eigenvalue weighted by Gasteiger charge is 2.20. The molecule has 0 rings (SSSR count). The Hall–Kier alpha value is -1.66. The van der Waals surface area contributed by atoms with Gasteiger partial charge in [0.2, 0.25) is 5.91 Å². The van der Waals surface area contributed by atoms with Crippen molar-refractivity contribution >= 4 is 11.9 Å². The van der Waals surface area contributed by atoms with Gasteiger partial charge in [-0.25, -0.2) is 0 Å². The first-order valence-corrected chi connectivity index (χ1v) is 38.6. The lowest BCUT2D eigenvalue weighted by Crippen LogP contribution is -2.45. The summed E-state index contributed by atoms with van der Waals surface area (Å²) >= 11 is 0. The first-order valence-electron chi connectivity index (χ1n) is 38.6. The molecule has 0 radical (unpaired) electrons. The Bertz CT molecular complexity index is 1320. The number of carbonyl (C=O) groups is 2. The maximum atomic E-state index is 12.6. The average molecular weight is 1180 g/mol. The topological polar surface area (TPSA) is 95.9 Å². The molecule has 0 saturated heterocycles. The molecule has 0 aromatic heterocycles. The van der Waals surface area contributed by atoms with E-state index in [0.29, 0.717) is 25.9 Å². The lowest BCUT2D eigenvalue weighted by atomic mass is 10.0. The Labute approximate surface area is 526 Å². The summed E-state index contributed by atoms with van der Waals surface area (Å²) in [6, 6.07) is -0.541. The lowest BCUT2D eigenvalue weighted by Gasteiger charge is -2.22. The monoisotopic (exact) mass is 1180 g/mol. The zero-order valence-corrected chi connectivity index (χ0v) is 57.2. The highest BCUT2D eigenvalue weighted by atomic mass is 16.5. The van der Waals surface area contributed by atoms with E-state index in [0.717, 1.165) is 51.4 Å². The molecule has 0 aromatic carbocycles. The molecule has 0 spiro atoms. The van der Waals surface area contributed by atoms with Gasteiger partial charge in [0.05, 0.1) is 25.4 Å². The van der Waals surface area contributed by atoms with Crippen LogP contribution < -0.4 is 5.32 Å². The van der Waals surface area contributed by atoms with Crippen molar-refractivity contribution in [2.45, 2.75) is 450 Å². The van der Waals surface area contributed by atoms with E-state index in [1.165, 1.54) is 353 Å². The van der Waals surface area contributed by atoms with Crippen LogP contribution in [0.2, 0.25) is 0 Å². The summed E-state index contributed by atoms with van der Waals surface area (Å²) in [5.41, 5.74) is 0. The largest absolute Gasteiger partial charge is 0.466 e. The number of carbonyl (C=O) groups excluding carboxylic acids is 2. The fourth-order valence-corrected chi connectivity index (χ4v) is 12.4. The van der Waals surface area contributed by atoms with Gasteiger partial charge in [-0.1, -0.05) is 391 Å². The van der Waals surface area contributed by atoms with E-state index >= 15 is 0 Å². The minimum atomic E-state index is -0.665. The number of aliphatic hydroxyl groups is 2. The zero-order chi connectivity index (χ0) is 60.6. The van der Waals surface area contributed by atoms with Gasteiger partial charge in [0.25, 0.3) is 0 Å². The molecule has 0 aromatic rings. The molecule has 0 saturated carbocycles. The zero-order valence-electron chi connectivity index (χ0n) is 57.2. The van der Waals surface area contributed by atoms with Gasteiger partial charge in [0.1, 0.15) is 0 Å². The summed E-state index contributed by atoms with van der Waals surface area (Å²) in [4.78, 5) is 24.7. The Kier molecular flexibility index (Phi) is 72.3. The van der Waals surface area contributed by atoms with E-state index in [2.05, 4.69) is 43.5 Å². The van der Waals surface area contributed by atoms with Crippen molar-refractivity contribution in [1.29, 1.82) is 0 Å². The summed E-state index contributed by atoms with van der Waals surface area (Å²) in [6.45, 7) is 4.98. The van der Waals surface area contributed by atoms with Crippen molar-refractivity contribution in [1.82, 2.24) is 5.32 Å². The standard InChI is InChI=1S/C78H151NO5/c1-3-5-7-9-11-13-15-17-19-21-23-24-28-31-35-38-42-46-50-54-58-62-66-70-76(81)75(74-80)79-77(82)71-67-63-59-55-51-47-43-39-36-32-29-26-25-27-30-33-37-41-45-49-53-57-61-65-69-73-84-78(83)72-68-64-60-56-52-48-44-40-34-22-20-18-16-14-12-10-8-6-4-2/h12,14,18,20,75-76,80-81H,3-11,13,15-17,19,21-74H2,1-2H3,(H,79,82)/b14-12-,20-18-. The summed E-state index contributed by atoms with van der Waals surface area (Å²) < 4.78 is 5.51. The van der Waals surface area contributed by atoms with Crippen molar-refractivity contribution < 1.29 is 24.5 Å². The van der Waals surface area contributed by atoms with Crippen molar-refractivity contribution in [3.05, 3.63) is 24.3 Å². The molecule has 3 N–H and O–H groups in total. The van der Waals surface area contributed by atoms with Crippen LogP contribution in [0.3, 0.4) is 0 Å². The van der Waals surface area contributed by atoms with Crippen molar-refractivity contribution in [3.8, 4) is 0 Å². The molecule has 0 aliphatic carbocycles. The van der Waals surface area contributed by atoms with Crippen LogP contribution in [0.4, 0.5) is 0 Å². The number of hydrogen-bond acceptors (Lipinski definition) is 5. The number of esters is 1. The number of nitrogens with one attached hydrogen (secondary N) is 1. The van der Waals surface area contributed by atoms with E-state index in [9.17, 15) is 19.8 Å². The maximum Gasteiger partial charge on any atom is 0.305 e. The number of aliphatic hydroxyl groups excluding tert-OH is 2. The van der Waals surface area contributed by atoms with Gasteiger partial charge in [-0.2, -0.15) is 0 Å². The molecule has 0 heterocycles. The molecule has 0 aliphatic rings. The summed E-state index contributed by atoms with van der Waals surface area (Å²) in [6.07, 6.45) is 93.9. The Balaban J connectivity index is 3.35. The molecule has 0 bridgehead atoms. The second-order valence-corrected chi connectivity index (χ2v) is 26.7. The Morgan fingerprint density at radius 2 is 0.595 bits per heavy atom. The average Bonchev–Trinajstić information content (AvgIpc) is 3.51. The van der Waals surface area contributed by atoms with Gasteiger partial charge in [-0.3, -0.25) is 9.59 Å². The molecule has 6 heteroatoms. The van der Waals surface area contributed by atoms with Gasteiger partial charge in [0, 0.05) is 12.8 Å². The summed E-state index contributed by atoms with van der Waals surface area (Å²) in [5, 5.41) is 23.5. The number of hydrogen-bond donors (Lipinski definition) is 3. The van der Waals surface area contributed by atoms with Crippen LogP contribution in [0.1, 0.15) is 438 Å². The van der Waals surface area contributed by atoms with E-state index in [1.54, 1.807) is 0 Å². The van der Waals surface area contributed by atoms with E-state index < -0.39 is 12.1 Å². The van der Waals surface area contributed by atoms with Crippen LogP contribution in [0, 0.1) is 0 Å². The number of unbranched alkanes of at least 4 members (excludes halogenated alkanes) is 58. The van der Waals surface area contributed by atoms with E-state index in [-0.39, 0.29) is 18.5 Å². The molecule has 0 aliphatic heterocycles. The maximum absolute atomic E-state index is 12.6. The van der Waals surface area contributed by atoms with E-state index in [1.807, 2.05) is 0 Å². The molecule has 2 unspecified atom stereocenters. The Morgan fingerprint density at radius 3 is 0.929 bits per heavy atom. The van der Waals surface area contributed by atoms with Crippen molar-refractivity contribution in [2.24, 2.45) is 0 Å². The predicted molar refractivity (Wildman–Crippen MR) is 370 cm³/mol. The third kappa shape index (κ3) is 69.4. The van der Waals surface area contributed by atoms with Crippen LogP contribution in [-0.2, 0) is 14.3 Å². The van der Waals surface area contributed by atoms with Crippen LogP contribution in [0.5, 0.6) is 0 Å². The van der Waals surface area contributed by atoms with Crippen LogP contribution in [0.25, 0.3) is 0 Å². The third-order valence-electron chi connectivity index (χ3n) is 18.3. The molecule has 498 valence electrons. The van der Waals surface area contributed by atoms with Crippen LogP contribution in [-0.4, -0.2) is 47.4 Å². The Morgan fingerprint density at radius 1 is 0.333 bits per heavy atom. The van der Waals surface area contributed by atoms with Crippen LogP contribution >= 0.6 is 0 Å². The second-order valence-electron chi connectivity index (χ2n) is 26.7. The van der Waals surface area contributed by atoms with Gasteiger partial charge >= 0.3 is 5.97 Å². The highest BCUT2D eigenvalue weighted by molar-refractivity contribution is 5.76. The first-order chi connectivity index (χ1) is 41.5. The van der Waals surface area contributed by atoms with Gasteiger partial charge in [-0.05, 0) is 57.8 Å². The molecule has 1 amide bonds. The normalized spacial score (nSPS) is 12.6. The fourth-order valence-electron chi connectivity index (χ4n) is 12.4. The number of rotatable bonds is 73. The minimum absolute atomic E-state index is 0.0139. The highest BCUT2D eigenvalue weighted by Crippen LogP contribution is 2.20.